The number of ketones is 1. The maximum Gasteiger partial charge on any atom is 0.175 e. The van der Waals surface area contributed by atoms with Crippen LogP contribution < -0.4 is 0 Å². The lowest BCUT2D eigenvalue weighted by Crippen LogP contribution is -2.14. The zero-order valence-corrected chi connectivity index (χ0v) is 11.1. The molecule has 1 rings (SSSR count). The van der Waals surface area contributed by atoms with Crippen LogP contribution in [0.5, 0.6) is 0 Å². The van der Waals surface area contributed by atoms with Crippen molar-refractivity contribution in [3.8, 4) is 0 Å². The number of carbonyl (C=O) groups excluding carboxylic acids is 1. The van der Waals surface area contributed by atoms with E-state index < -0.39 is 10.8 Å². The van der Waals surface area contributed by atoms with Crippen LogP contribution in [-0.2, 0) is 10.8 Å². The van der Waals surface area contributed by atoms with Gasteiger partial charge in [0.25, 0.3) is 0 Å². The Balaban J connectivity index is 3.04. The minimum Gasteiger partial charge on any atom is -0.293 e. The van der Waals surface area contributed by atoms with Crippen molar-refractivity contribution in [2.24, 2.45) is 0 Å². The topological polar surface area (TPSA) is 34.1 Å². The third-order valence-electron chi connectivity index (χ3n) is 2.57. The van der Waals surface area contributed by atoms with Gasteiger partial charge in [-0.3, -0.25) is 9.00 Å². The molecule has 0 bridgehead atoms. The molecule has 1 aromatic rings. The SMILES string of the molecule is CCS(=O)CC(=O)c1c(C)cc(C)cc1C. The number of carbonyl (C=O) groups is 1. The lowest BCUT2D eigenvalue weighted by molar-refractivity contribution is 0.102. The Bertz CT molecular complexity index is 413. The summed E-state index contributed by atoms with van der Waals surface area (Å²) in [5.74, 6) is 0.673. The number of hydrogen-bond acceptors (Lipinski definition) is 2. The molecule has 88 valence electrons. The highest BCUT2D eigenvalue weighted by Gasteiger charge is 2.14. The van der Waals surface area contributed by atoms with Gasteiger partial charge < -0.3 is 0 Å². The van der Waals surface area contributed by atoms with Gasteiger partial charge in [-0.05, 0) is 31.9 Å². The molecule has 3 heteroatoms. The van der Waals surface area contributed by atoms with E-state index in [1.807, 2.05) is 39.8 Å². The molecular formula is C13H18O2S. The Morgan fingerprint density at radius 1 is 1.19 bits per heavy atom. The second-order valence-electron chi connectivity index (χ2n) is 4.07. The molecule has 16 heavy (non-hydrogen) atoms. The summed E-state index contributed by atoms with van der Waals surface area (Å²) in [6.07, 6.45) is 0. The minimum atomic E-state index is -1.03. The van der Waals surface area contributed by atoms with Crippen LogP contribution in [0.25, 0.3) is 0 Å². The van der Waals surface area contributed by atoms with Gasteiger partial charge in [-0.2, -0.15) is 0 Å². The molecule has 0 N–H and O–H groups in total. The fourth-order valence-electron chi connectivity index (χ4n) is 1.94. The first-order valence-corrected chi connectivity index (χ1v) is 6.90. The number of aryl methyl sites for hydroxylation is 3. The zero-order valence-electron chi connectivity index (χ0n) is 10.3. The van der Waals surface area contributed by atoms with Gasteiger partial charge in [-0.25, -0.2) is 0 Å². The Labute approximate surface area is 99.5 Å². The highest BCUT2D eigenvalue weighted by molar-refractivity contribution is 7.85. The molecule has 0 aromatic heterocycles. The standard InChI is InChI=1S/C13H18O2S/c1-5-16(15)8-12(14)13-10(3)6-9(2)7-11(13)4/h6-7H,5,8H2,1-4H3. The summed E-state index contributed by atoms with van der Waals surface area (Å²) in [6, 6.07) is 3.99. The van der Waals surface area contributed by atoms with E-state index in [1.165, 1.54) is 0 Å². The molecule has 0 heterocycles. The van der Waals surface area contributed by atoms with Crippen molar-refractivity contribution in [3.05, 3.63) is 34.4 Å². The lowest BCUT2D eigenvalue weighted by atomic mass is 9.97. The maximum atomic E-state index is 12.0. The first-order valence-electron chi connectivity index (χ1n) is 5.41. The van der Waals surface area contributed by atoms with Crippen LogP contribution in [0.4, 0.5) is 0 Å². The van der Waals surface area contributed by atoms with Crippen molar-refractivity contribution in [1.29, 1.82) is 0 Å². The highest BCUT2D eigenvalue weighted by Crippen LogP contribution is 2.17. The van der Waals surface area contributed by atoms with E-state index >= 15 is 0 Å². The quantitative estimate of drug-likeness (QED) is 0.755. The van der Waals surface area contributed by atoms with Gasteiger partial charge in [0.05, 0.1) is 5.75 Å². The molecule has 0 spiro atoms. The zero-order chi connectivity index (χ0) is 12.3. The number of hydrogen-bond donors (Lipinski definition) is 0. The van der Waals surface area contributed by atoms with Gasteiger partial charge >= 0.3 is 0 Å². The Hall–Kier alpha value is -0.960. The fourth-order valence-corrected chi connectivity index (χ4v) is 2.58. The van der Waals surface area contributed by atoms with Crippen molar-refractivity contribution < 1.29 is 9.00 Å². The van der Waals surface area contributed by atoms with E-state index in [0.717, 1.165) is 22.3 Å². The molecule has 1 unspecified atom stereocenters. The smallest absolute Gasteiger partial charge is 0.175 e. The van der Waals surface area contributed by atoms with Crippen LogP contribution in [0.2, 0.25) is 0 Å². The summed E-state index contributed by atoms with van der Waals surface area (Å²) in [5.41, 5.74) is 3.86. The summed E-state index contributed by atoms with van der Waals surface area (Å²) in [7, 11) is -1.03. The fraction of sp³-hybridized carbons (Fsp3) is 0.462. The average Bonchev–Trinajstić information content (AvgIpc) is 2.15. The Kier molecular flexibility index (Phi) is 4.42. The number of Topliss-reactive ketones (excluding diaryl/α,β-unsaturated/α-hetero) is 1. The van der Waals surface area contributed by atoms with Crippen LogP contribution in [0.15, 0.2) is 12.1 Å². The van der Waals surface area contributed by atoms with Gasteiger partial charge in [0.2, 0.25) is 0 Å². The second-order valence-corrected chi connectivity index (χ2v) is 5.82. The molecule has 0 aliphatic carbocycles. The van der Waals surface area contributed by atoms with E-state index in [-0.39, 0.29) is 11.5 Å². The van der Waals surface area contributed by atoms with Crippen LogP contribution in [0.1, 0.15) is 34.0 Å². The van der Waals surface area contributed by atoms with E-state index in [1.54, 1.807) is 0 Å². The Morgan fingerprint density at radius 3 is 2.12 bits per heavy atom. The first kappa shape index (κ1) is 13.1. The Morgan fingerprint density at radius 2 is 1.69 bits per heavy atom. The average molecular weight is 238 g/mol. The van der Waals surface area contributed by atoms with Gasteiger partial charge in [0.1, 0.15) is 0 Å². The summed E-state index contributed by atoms with van der Waals surface area (Å²) in [4.78, 5) is 12.0. The van der Waals surface area contributed by atoms with Gasteiger partial charge in [-0.15, -0.1) is 0 Å². The normalized spacial score (nSPS) is 12.5. The summed E-state index contributed by atoms with van der Waals surface area (Å²) >= 11 is 0. The lowest BCUT2D eigenvalue weighted by Gasteiger charge is -2.09. The highest BCUT2D eigenvalue weighted by atomic mass is 32.2. The molecular weight excluding hydrogens is 220 g/mol. The van der Waals surface area contributed by atoms with Crippen LogP contribution in [0.3, 0.4) is 0 Å². The largest absolute Gasteiger partial charge is 0.293 e. The predicted molar refractivity (Wildman–Crippen MR) is 68.5 cm³/mol. The maximum absolute atomic E-state index is 12.0. The third kappa shape index (κ3) is 3.01. The van der Waals surface area contributed by atoms with Crippen LogP contribution >= 0.6 is 0 Å². The second kappa shape index (κ2) is 5.39. The van der Waals surface area contributed by atoms with Crippen molar-refractivity contribution in [2.45, 2.75) is 27.7 Å². The van der Waals surface area contributed by atoms with E-state index in [2.05, 4.69) is 0 Å². The van der Waals surface area contributed by atoms with Crippen molar-refractivity contribution in [1.82, 2.24) is 0 Å². The molecule has 0 aliphatic heterocycles. The van der Waals surface area contributed by atoms with Gasteiger partial charge in [0, 0.05) is 22.1 Å². The molecule has 0 saturated heterocycles. The van der Waals surface area contributed by atoms with Crippen molar-refractivity contribution >= 4 is 16.6 Å². The van der Waals surface area contributed by atoms with E-state index in [9.17, 15) is 9.00 Å². The molecule has 0 radical (unpaired) electrons. The van der Waals surface area contributed by atoms with E-state index in [0.29, 0.717) is 5.75 Å². The molecule has 0 fully saturated rings. The van der Waals surface area contributed by atoms with E-state index in [4.69, 9.17) is 0 Å². The van der Waals surface area contributed by atoms with Gasteiger partial charge in [-0.1, -0.05) is 24.6 Å². The molecule has 1 aromatic carbocycles. The summed E-state index contributed by atoms with van der Waals surface area (Å²) in [6.45, 7) is 7.71. The van der Waals surface area contributed by atoms with Gasteiger partial charge in [0.15, 0.2) is 5.78 Å². The third-order valence-corrected chi connectivity index (χ3v) is 3.80. The van der Waals surface area contributed by atoms with Crippen molar-refractivity contribution in [2.75, 3.05) is 11.5 Å². The van der Waals surface area contributed by atoms with Crippen molar-refractivity contribution in [3.63, 3.8) is 0 Å². The molecule has 0 aliphatic rings. The summed E-state index contributed by atoms with van der Waals surface area (Å²) in [5, 5.41) is 0. The molecule has 0 amide bonds. The first-order chi connectivity index (χ1) is 7.45. The molecule has 2 nitrogen and oxygen atoms in total. The van der Waals surface area contributed by atoms with Crippen LogP contribution in [-0.4, -0.2) is 21.5 Å². The predicted octanol–water partition coefficient (Wildman–Crippen LogP) is 2.56. The summed E-state index contributed by atoms with van der Waals surface area (Å²) < 4.78 is 11.4. The minimum absolute atomic E-state index is 0.00446. The molecule has 0 saturated carbocycles. The molecule has 1 atom stereocenters. The number of rotatable bonds is 4. The van der Waals surface area contributed by atoms with Crippen LogP contribution in [0, 0.1) is 20.8 Å². The number of benzene rings is 1. The monoisotopic (exact) mass is 238 g/mol.